The quantitative estimate of drug-likeness (QED) is 0.713. The number of hydrogen-bond acceptors (Lipinski definition) is 2. The van der Waals surface area contributed by atoms with Crippen LogP contribution in [0.15, 0.2) is 54.6 Å². The molecule has 0 aliphatic carbocycles. The van der Waals surface area contributed by atoms with E-state index in [2.05, 4.69) is 10.4 Å². The van der Waals surface area contributed by atoms with Crippen LogP contribution in [0.3, 0.4) is 0 Å². The van der Waals surface area contributed by atoms with Crippen molar-refractivity contribution in [3.05, 3.63) is 82.5 Å². The number of aryl methyl sites for hydroxylation is 2. The zero-order valence-corrected chi connectivity index (χ0v) is 14.8. The molecule has 7 heteroatoms. The van der Waals surface area contributed by atoms with Crippen LogP contribution in [0.4, 0.5) is 19.0 Å². The molecule has 0 saturated heterocycles. The molecule has 0 aliphatic rings. The van der Waals surface area contributed by atoms with Gasteiger partial charge < -0.3 is 5.32 Å². The van der Waals surface area contributed by atoms with Crippen LogP contribution >= 0.6 is 0 Å². The molecule has 0 atom stereocenters. The van der Waals surface area contributed by atoms with Gasteiger partial charge in [0, 0.05) is 17.3 Å². The van der Waals surface area contributed by atoms with E-state index >= 15 is 0 Å². The van der Waals surface area contributed by atoms with Gasteiger partial charge in [-0.3, -0.25) is 9.48 Å². The highest BCUT2D eigenvalue weighted by molar-refractivity contribution is 6.04. The average Bonchev–Trinajstić information content (AvgIpc) is 2.93. The number of amides is 1. The molecule has 0 radical (unpaired) electrons. The zero-order chi connectivity index (χ0) is 19.6. The van der Waals surface area contributed by atoms with Gasteiger partial charge in [-0.25, -0.2) is 0 Å². The highest BCUT2D eigenvalue weighted by Gasteiger charge is 2.30. The molecule has 0 saturated carbocycles. The Kier molecular flexibility index (Phi) is 5.03. The highest BCUT2D eigenvalue weighted by atomic mass is 19.4. The third-order valence-electron chi connectivity index (χ3n) is 4.20. The molecule has 0 aliphatic heterocycles. The first-order chi connectivity index (χ1) is 12.7. The van der Waals surface area contributed by atoms with Crippen LogP contribution in [-0.2, 0) is 12.7 Å². The fourth-order valence-corrected chi connectivity index (χ4v) is 2.76. The lowest BCUT2D eigenvalue weighted by molar-refractivity contribution is -0.137. The number of hydrogen-bond donors (Lipinski definition) is 1. The van der Waals surface area contributed by atoms with Gasteiger partial charge in [-0.05, 0) is 43.2 Å². The summed E-state index contributed by atoms with van der Waals surface area (Å²) in [5, 5.41) is 7.03. The maximum atomic E-state index is 12.9. The first kappa shape index (κ1) is 18.7. The van der Waals surface area contributed by atoms with Crippen molar-refractivity contribution in [3.8, 4) is 0 Å². The van der Waals surface area contributed by atoms with Crippen molar-refractivity contribution in [3.63, 3.8) is 0 Å². The summed E-state index contributed by atoms with van der Waals surface area (Å²) < 4.78 is 40.1. The van der Waals surface area contributed by atoms with Crippen LogP contribution in [-0.4, -0.2) is 15.7 Å². The Morgan fingerprint density at radius 3 is 2.52 bits per heavy atom. The molecular weight excluding hydrogens is 355 g/mol. The van der Waals surface area contributed by atoms with Crippen molar-refractivity contribution in [2.24, 2.45) is 0 Å². The van der Waals surface area contributed by atoms with E-state index in [0.717, 1.165) is 23.4 Å². The van der Waals surface area contributed by atoms with Gasteiger partial charge in [0.1, 0.15) is 0 Å². The van der Waals surface area contributed by atoms with E-state index in [0.29, 0.717) is 16.9 Å². The molecule has 0 bridgehead atoms. The van der Waals surface area contributed by atoms with Gasteiger partial charge in [0.2, 0.25) is 0 Å². The van der Waals surface area contributed by atoms with Gasteiger partial charge in [0.15, 0.2) is 5.82 Å². The predicted octanol–water partition coefficient (Wildman–Crippen LogP) is 4.82. The Balaban J connectivity index is 1.77. The number of rotatable bonds is 4. The second-order valence-corrected chi connectivity index (χ2v) is 6.30. The lowest BCUT2D eigenvalue weighted by Gasteiger charge is -2.09. The molecule has 4 nitrogen and oxygen atoms in total. The normalized spacial score (nSPS) is 11.4. The van der Waals surface area contributed by atoms with E-state index in [1.807, 2.05) is 19.1 Å². The molecule has 1 heterocycles. The van der Waals surface area contributed by atoms with E-state index in [1.54, 1.807) is 35.9 Å². The van der Waals surface area contributed by atoms with Crippen LogP contribution < -0.4 is 5.32 Å². The molecule has 1 N–H and O–H groups in total. The summed E-state index contributed by atoms with van der Waals surface area (Å²) in [6.45, 7) is 3.80. The molecule has 1 amide bonds. The number of anilines is 1. The molecule has 1 aromatic heterocycles. The highest BCUT2D eigenvalue weighted by Crippen LogP contribution is 2.29. The van der Waals surface area contributed by atoms with E-state index in [-0.39, 0.29) is 12.5 Å². The lowest BCUT2D eigenvalue weighted by atomic mass is 10.1. The third-order valence-corrected chi connectivity index (χ3v) is 4.20. The van der Waals surface area contributed by atoms with Crippen LogP contribution in [0.1, 0.15) is 32.7 Å². The lowest BCUT2D eigenvalue weighted by Crippen LogP contribution is -2.14. The number of aromatic nitrogens is 2. The summed E-state index contributed by atoms with van der Waals surface area (Å²) >= 11 is 0. The summed E-state index contributed by atoms with van der Waals surface area (Å²) in [4.78, 5) is 12.4. The second kappa shape index (κ2) is 7.26. The van der Waals surface area contributed by atoms with Gasteiger partial charge >= 0.3 is 6.18 Å². The van der Waals surface area contributed by atoms with E-state index in [9.17, 15) is 18.0 Å². The summed E-state index contributed by atoms with van der Waals surface area (Å²) in [7, 11) is 0. The summed E-state index contributed by atoms with van der Waals surface area (Å²) in [6.07, 6.45) is -4.39. The van der Waals surface area contributed by atoms with Crippen LogP contribution in [0.25, 0.3) is 0 Å². The standard InChI is InChI=1S/C20H18F3N3O/c1-13-6-3-4-9-17(13)19(27)24-18-10-14(2)26(25-18)12-15-7-5-8-16(11-15)20(21,22)23/h3-11H,12H2,1-2H3,(H,24,25,27). The maximum Gasteiger partial charge on any atom is 0.416 e. The number of carbonyl (C=O) groups is 1. The summed E-state index contributed by atoms with van der Waals surface area (Å²) in [6, 6.07) is 14.0. The largest absolute Gasteiger partial charge is 0.416 e. The Labute approximate surface area is 154 Å². The molecule has 3 aromatic rings. The van der Waals surface area contributed by atoms with Crippen LogP contribution in [0, 0.1) is 13.8 Å². The minimum Gasteiger partial charge on any atom is -0.305 e. The molecular formula is C20H18F3N3O. The Hall–Kier alpha value is -3.09. The van der Waals surface area contributed by atoms with Gasteiger partial charge in [0.05, 0.1) is 12.1 Å². The number of nitrogens with zero attached hydrogens (tertiary/aromatic N) is 2. The van der Waals surface area contributed by atoms with E-state index in [4.69, 9.17) is 0 Å². The third kappa shape index (κ3) is 4.36. The van der Waals surface area contributed by atoms with Gasteiger partial charge in [-0.1, -0.05) is 30.3 Å². The van der Waals surface area contributed by atoms with Crippen molar-refractivity contribution in [2.45, 2.75) is 26.6 Å². The van der Waals surface area contributed by atoms with Crippen molar-refractivity contribution < 1.29 is 18.0 Å². The Morgan fingerprint density at radius 2 is 1.81 bits per heavy atom. The molecule has 2 aromatic carbocycles. The van der Waals surface area contributed by atoms with Gasteiger partial charge in [-0.2, -0.15) is 18.3 Å². The number of halogens is 3. The second-order valence-electron chi connectivity index (χ2n) is 6.30. The number of benzene rings is 2. The van der Waals surface area contributed by atoms with Crippen molar-refractivity contribution in [2.75, 3.05) is 5.32 Å². The molecule has 3 rings (SSSR count). The van der Waals surface area contributed by atoms with E-state index < -0.39 is 11.7 Å². The summed E-state index contributed by atoms with van der Waals surface area (Å²) in [5.74, 6) is 0.0737. The Bertz CT molecular complexity index is 977. The Morgan fingerprint density at radius 1 is 1.07 bits per heavy atom. The fraction of sp³-hybridized carbons (Fsp3) is 0.200. The average molecular weight is 373 g/mol. The first-order valence-corrected chi connectivity index (χ1v) is 8.31. The topological polar surface area (TPSA) is 46.9 Å². The van der Waals surface area contributed by atoms with Crippen molar-refractivity contribution in [1.82, 2.24) is 9.78 Å². The maximum absolute atomic E-state index is 12.9. The molecule has 0 unspecified atom stereocenters. The minimum absolute atomic E-state index is 0.177. The van der Waals surface area contributed by atoms with Gasteiger partial charge in [0.25, 0.3) is 5.91 Å². The van der Waals surface area contributed by atoms with Crippen molar-refractivity contribution >= 4 is 11.7 Å². The molecule has 0 fully saturated rings. The van der Waals surface area contributed by atoms with Gasteiger partial charge in [-0.15, -0.1) is 0 Å². The fourth-order valence-electron chi connectivity index (χ4n) is 2.76. The van der Waals surface area contributed by atoms with Crippen molar-refractivity contribution in [1.29, 1.82) is 0 Å². The molecule has 140 valence electrons. The zero-order valence-electron chi connectivity index (χ0n) is 14.8. The summed E-state index contributed by atoms with van der Waals surface area (Å²) in [5.41, 5.74) is 1.90. The molecule has 0 spiro atoms. The smallest absolute Gasteiger partial charge is 0.305 e. The van der Waals surface area contributed by atoms with Crippen LogP contribution in [0.5, 0.6) is 0 Å². The number of alkyl halides is 3. The van der Waals surface area contributed by atoms with E-state index in [1.165, 1.54) is 6.07 Å². The first-order valence-electron chi connectivity index (χ1n) is 8.31. The minimum atomic E-state index is -4.39. The van der Waals surface area contributed by atoms with Crippen LogP contribution in [0.2, 0.25) is 0 Å². The SMILES string of the molecule is Cc1ccccc1C(=O)Nc1cc(C)n(Cc2cccc(C(F)(F)F)c2)n1. The monoisotopic (exact) mass is 373 g/mol. The number of carbonyl (C=O) groups excluding carboxylic acids is 1. The number of nitrogens with one attached hydrogen (secondary N) is 1. The predicted molar refractivity (Wildman–Crippen MR) is 96.6 cm³/mol. The molecule has 27 heavy (non-hydrogen) atoms.